The number of nitrogens with one attached hydrogen (secondary N) is 2. The molecule has 0 aliphatic rings. The third-order valence-electron chi connectivity index (χ3n) is 4.76. The number of carbonyl (C=O) groups excluding carboxylic acids is 1. The van der Waals surface area contributed by atoms with Gasteiger partial charge in [0.05, 0.1) is 5.52 Å². The first kappa shape index (κ1) is 21.0. The lowest BCUT2D eigenvalue weighted by Crippen LogP contribution is -2.47. The summed E-state index contributed by atoms with van der Waals surface area (Å²) in [4.78, 5) is 17.2. The van der Waals surface area contributed by atoms with Gasteiger partial charge in [-0.1, -0.05) is 49.7 Å². The largest absolute Gasteiger partial charge is 0.324 e. The molecule has 6 nitrogen and oxygen atoms in total. The number of hydrogen-bond acceptors (Lipinski definition) is 4. The Bertz CT molecular complexity index is 1150. The van der Waals surface area contributed by atoms with Gasteiger partial charge in [0.2, 0.25) is 15.9 Å². The molecule has 0 spiro atoms. The number of fused-ring (bicyclic) bond motifs is 1. The molecule has 2 aromatic carbocycles. The molecule has 0 radical (unpaired) electrons. The van der Waals surface area contributed by atoms with Gasteiger partial charge in [-0.15, -0.1) is 0 Å². The first-order chi connectivity index (χ1) is 13.7. The number of sulfonamides is 1. The molecule has 1 aromatic heterocycles. The van der Waals surface area contributed by atoms with Gasteiger partial charge in [-0.3, -0.25) is 9.78 Å². The van der Waals surface area contributed by atoms with Gasteiger partial charge >= 0.3 is 0 Å². The fourth-order valence-corrected chi connectivity index (χ4v) is 4.70. The van der Waals surface area contributed by atoms with Gasteiger partial charge in [0.1, 0.15) is 10.9 Å². The van der Waals surface area contributed by atoms with Crippen molar-refractivity contribution in [3.63, 3.8) is 0 Å². The number of rotatable bonds is 6. The van der Waals surface area contributed by atoms with Crippen LogP contribution in [0.5, 0.6) is 0 Å². The maximum atomic E-state index is 13.1. The van der Waals surface area contributed by atoms with Crippen LogP contribution in [0.15, 0.2) is 59.6 Å². The quantitative estimate of drug-likeness (QED) is 0.646. The van der Waals surface area contributed by atoms with E-state index in [1.54, 1.807) is 44.3 Å². The van der Waals surface area contributed by atoms with Crippen LogP contribution in [0.25, 0.3) is 10.9 Å². The predicted octanol–water partition coefficient (Wildman–Crippen LogP) is 3.79. The first-order valence-electron chi connectivity index (χ1n) is 9.43. The minimum atomic E-state index is -3.96. The number of aromatic nitrogens is 1. The second-order valence-electron chi connectivity index (χ2n) is 7.48. The van der Waals surface area contributed by atoms with Crippen LogP contribution in [0.4, 0.5) is 5.69 Å². The molecule has 0 aliphatic heterocycles. The van der Waals surface area contributed by atoms with E-state index in [0.717, 1.165) is 16.5 Å². The zero-order valence-electron chi connectivity index (χ0n) is 16.9. The van der Waals surface area contributed by atoms with Crippen LogP contribution in [-0.2, 0) is 14.8 Å². The van der Waals surface area contributed by atoms with Crippen molar-refractivity contribution in [1.82, 2.24) is 9.71 Å². The van der Waals surface area contributed by atoms with Crippen molar-refractivity contribution in [2.24, 2.45) is 5.92 Å². The fourth-order valence-electron chi connectivity index (χ4n) is 3.18. The molecule has 3 aromatic rings. The Labute approximate surface area is 171 Å². The minimum absolute atomic E-state index is 0.0561. The van der Waals surface area contributed by atoms with Gasteiger partial charge in [0, 0.05) is 17.3 Å². The van der Waals surface area contributed by atoms with E-state index in [1.165, 1.54) is 6.07 Å². The number of anilines is 1. The van der Waals surface area contributed by atoms with Crippen molar-refractivity contribution in [3.05, 3.63) is 65.9 Å². The van der Waals surface area contributed by atoms with Crippen molar-refractivity contribution in [1.29, 1.82) is 0 Å². The molecule has 0 saturated carbocycles. The van der Waals surface area contributed by atoms with Gasteiger partial charge in [-0.05, 0) is 43.5 Å². The van der Waals surface area contributed by atoms with Crippen LogP contribution in [0.3, 0.4) is 0 Å². The molecule has 0 fully saturated rings. The summed E-state index contributed by atoms with van der Waals surface area (Å²) in [6.07, 6.45) is 1.55. The number of pyridine rings is 1. The maximum absolute atomic E-state index is 13.1. The molecule has 7 heteroatoms. The second-order valence-corrected chi connectivity index (χ2v) is 9.16. The van der Waals surface area contributed by atoms with E-state index < -0.39 is 22.0 Å². The molecule has 1 amide bonds. The van der Waals surface area contributed by atoms with E-state index in [0.29, 0.717) is 11.2 Å². The number of para-hydroxylation sites is 1. The lowest BCUT2D eigenvalue weighted by molar-refractivity contribution is -0.118. The number of carbonyl (C=O) groups is 1. The van der Waals surface area contributed by atoms with E-state index in [1.807, 2.05) is 32.0 Å². The minimum Gasteiger partial charge on any atom is -0.324 e. The topological polar surface area (TPSA) is 88.2 Å². The summed E-state index contributed by atoms with van der Waals surface area (Å²) < 4.78 is 28.8. The summed E-state index contributed by atoms with van der Waals surface area (Å²) in [6, 6.07) is 13.3. The molecular weight excluding hydrogens is 386 g/mol. The number of nitrogens with zero attached hydrogens (tertiary/aromatic N) is 1. The molecular formula is C22H25N3O3S. The summed E-state index contributed by atoms with van der Waals surface area (Å²) in [7, 11) is -3.96. The molecule has 0 bridgehead atoms. The lowest BCUT2D eigenvalue weighted by atomic mass is 10.0. The summed E-state index contributed by atoms with van der Waals surface area (Å²) in [6.45, 7) is 7.48. The highest BCUT2D eigenvalue weighted by Crippen LogP contribution is 2.22. The van der Waals surface area contributed by atoms with Crippen LogP contribution in [0.2, 0.25) is 0 Å². The Hall–Kier alpha value is -2.77. The van der Waals surface area contributed by atoms with E-state index in [4.69, 9.17) is 0 Å². The smallest absolute Gasteiger partial charge is 0.243 e. The Kier molecular flexibility index (Phi) is 6.00. The molecule has 1 atom stereocenters. The third-order valence-corrected chi connectivity index (χ3v) is 6.23. The summed E-state index contributed by atoms with van der Waals surface area (Å²) >= 11 is 0. The van der Waals surface area contributed by atoms with Crippen LogP contribution in [0, 0.1) is 19.8 Å². The average molecular weight is 412 g/mol. The fraction of sp³-hybridized carbons (Fsp3) is 0.273. The van der Waals surface area contributed by atoms with Crippen LogP contribution in [-0.4, -0.2) is 25.4 Å². The van der Waals surface area contributed by atoms with Crippen molar-refractivity contribution in [3.8, 4) is 0 Å². The highest BCUT2D eigenvalue weighted by Gasteiger charge is 2.29. The predicted molar refractivity (Wildman–Crippen MR) is 115 cm³/mol. The Morgan fingerprint density at radius 3 is 2.45 bits per heavy atom. The standard InChI is InChI=1S/C22H25N3O3S/c1-14(2)20(22(26)24-18-11-10-15(3)13-16(18)4)25-29(27,28)19-9-5-7-17-8-6-12-23-21(17)19/h5-14,20,25H,1-4H3,(H,24,26)/t20-/m1/s1. The zero-order valence-corrected chi connectivity index (χ0v) is 17.7. The molecule has 2 N–H and O–H groups in total. The van der Waals surface area contributed by atoms with Crippen LogP contribution >= 0.6 is 0 Å². The van der Waals surface area contributed by atoms with Gasteiger partial charge in [0.15, 0.2) is 0 Å². The molecule has 0 saturated heterocycles. The lowest BCUT2D eigenvalue weighted by Gasteiger charge is -2.22. The van der Waals surface area contributed by atoms with Crippen LogP contribution in [0.1, 0.15) is 25.0 Å². The summed E-state index contributed by atoms with van der Waals surface area (Å²) in [5.74, 6) is -0.651. The van der Waals surface area contributed by atoms with E-state index in [9.17, 15) is 13.2 Å². The Balaban J connectivity index is 1.90. The third kappa shape index (κ3) is 4.63. The highest BCUT2D eigenvalue weighted by molar-refractivity contribution is 7.89. The van der Waals surface area contributed by atoms with Crippen molar-refractivity contribution < 1.29 is 13.2 Å². The summed E-state index contributed by atoms with van der Waals surface area (Å²) in [5, 5.41) is 3.57. The van der Waals surface area contributed by atoms with E-state index >= 15 is 0 Å². The van der Waals surface area contributed by atoms with E-state index in [-0.39, 0.29) is 10.8 Å². The monoisotopic (exact) mass is 411 g/mol. The molecule has 152 valence electrons. The van der Waals surface area contributed by atoms with Crippen molar-refractivity contribution in [2.45, 2.75) is 38.6 Å². The molecule has 1 heterocycles. The number of hydrogen-bond donors (Lipinski definition) is 2. The second kappa shape index (κ2) is 8.31. The molecule has 29 heavy (non-hydrogen) atoms. The van der Waals surface area contributed by atoms with Crippen LogP contribution < -0.4 is 10.0 Å². The number of benzene rings is 2. The SMILES string of the molecule is Cc1ccc(NC(=O)[C@H](NS(=O)(=O)c2cccc3cccnc23)C(C)C)c(C)c1. The molecule has 0 unspecified atom stereocenters. The van der Waals surface area contributed by atoms with Crippen molar-refractivity contribution in [2.75, 3.05) is 5.32 Å². The Morgan fingerprint density at radius 2 is 1.76 bits per heavy atom. The van der Waals surface area contributed by atoms with Gasteiger partial charge in [-0.2, -0.15) is 4.72 Å². The average Bonchev–Trinajstić information content (AvgIpc) is 2.67. The normalized spacial score (nSPS) is 12.9. The Morgan fingerprint density at radius 1 is 1.03 bits per heavy atom. The zero-order chi connectivity index (χ0) is 21.2. The van der Waals surface area contributed by atoms with Crippen molar-refractivity contribution >= 4 is 32.5 Å². The number of aryl methyl sites for hydroxylation is 2. The van der Waals surface area contributed by atoms with Gasteiger partial charge in [-0.25, -0.2) is 8.42 Å². The van der Waals surface area contributed by atoms with E-state index in [2.05, 4.69) is 15.0 Å². The van der Waals surface area contributed by atoms with Gasteiger partial charge < -0.3 is 5.32 Å². The highest BCUT2D eigenvalue weighted by atomic mass is 32.2. The maximum Gasteiger partial charge on any atom is 0.243 e. The first-order valence-corrected chi connectivity index (χ1v) is 10.9. The van der Waals surface area contributed by atoms with Gasteiger partial charge in [0.25, 0.3) is 0 Å². The molecule has 3 rings (SSSR count). The number of amides is 1. The molecule has 0 aliphatic carbocycles. The summed E-state index contributed by atoms with van der Waals surface area (Å²) in [5.41, 5.74) is 3.05.